The molecule has 3 nitrogen and oxygen atoms in total. The van der Waals surface area contributed by atoms with E-state index in [4.69, 9.17) is 4.42 Å². The second-order valence-electron chi connectivity index (χ2n) is 5.31. The average Bonchev–Trinajstić information content (AvgIpc) is 2.89. The van der Waals surface area contributed by atoms with E-state index in [1.165, 1.54) is 11.6 Å². The van der Waals surface area contributed by atoms with Crippen molar-refractivity contribution in [3.63, 3.8) is 0 Å². The van der Waals surface area contributed by atoms with E-state index in [2.05, 4.69) is 17.1 Å². The molecule has 21 heavy (non-hydrogen) atoms. The maximum absolute atomic E-state index is 13.7. The molecule has 0 saturated carbocycles. The summed E-state index contributed by atoms with van der Waals surface area (Å²) in [5, 5.41) is 3.37. The predicted molar refractivity (Wildman–Crippen MR) is 82.3 cm³/mol. The lowest BCUT2D eigenvalue weighted by molar-refractivity contribution is 0.282. The second-order valence-corrected chi connectivity index (χ2v) is 5.31. The van der Waals surface area contributed by atoms with Crippen molar-refractivity contribution < 1.29 is 8.81 Å². The third-order valence-corrected chi connectivity index (χ3v) is 3.39. The highest BCUT2D eigenvalue weighted by Crippen LogP contribution is 2.15. The Hall–Kier alpha value is -1.65. The van der Waals surface area contributed by atoms with Gasteiger partial charge >= 0.3 is 0 Å². The Morgan fingerprint density at radius 3 is 2.71 bits per heavy atom. The molecule has 0 amide bonds. The summed E-state index contributed by atoms with van der Waals surface area (Å²) in [6, 6.07) is 8.88. The maximum atomic E-state index is 13.7. The van der Waals surface area contributed by atoms with Crippen LogP contribution in [0.15, 0.2) is 41.0 Å². The highest BCUT2D eigenvalue weighted by Gasteiger charge is 2.11. The van der Waals surface area contributed by atoms with Gasteiger partial charge in [-0.3, -0.25) is 4.90 Å². The van der Waals surface area contributed by atoms with Crippen molar-refractivity contribution in [1.29, 1.82) is 0 Å². The largest absolute Gasteiger partial charge is 0.468 e. The minimum absolute atomic E-state index is 0.159. The van der Waals surface area contributed by atoms with Gasteiger partial charge in [0.15, 0.2) is 0 Å². The molecule has 0 fully saturated rings. The third-order valence-electron chi connectivity index (χ3n) is 3.39. The van der Waals surface area contributed by atoms with Gasteiger partial charge in [-0.2, -0.15) is 0 Å². The van der Waals surface area contributed by atoms with Crippen LogP contribution in [0.5, 0.6) is 0 Å². The summed E-state index contributed by atoms with van der Waals surface area (Å²) in [6.07, 6.45) is 2.83. The first-order valence-electron chi connectivity index (χ1n) is 7.38. The lowest BCUT2D eigenvalue weighted by Gasteiger charge is -2.16. The summed E-state index contributed by atoms with van der Waals surface area (Å²) in [4.78, 5) is 2.06. The van der Waals surface area contributed by atoms with Crippen molar-refractivity contribution in [2.24, 2.45) is 0 Å². The molecule has 0 spiro atoms. The van der Waals surface area contributed by atoms with Crippen molar-refractivity contribution in [1.82, 2.24) is 10.2 Å². The van der Waals surface area contributed by atoms with Crippen LogP contribution in [-0.2, 0) is 19.6 Å². The zero-order chi connectivity index (χ0) is 15.1. The van der Waals surface area contributed by atoms with E-state index in [9.17, 15) is 4.39 Å². The predicted octanol–water partition coefficient (Wildman–Crippen LogP) is 3.55. The average molecular weight is 290 g/mol. The molecule has 2 rings (SSSR count). The van der Waals surface area contributed by atoms with Gasteiger partial charge in [-0.1, -0.05) is 25.1 Å². The number of nitrogens with one attached hydrogen (secondary N) is 1. The third kappa shape index (κ3) is 4.69. The van der Waals surface area contributed by atoms with E-state index in [0.717, 1.165) is 25.3 Å². The molecule has 1 aromatic carbocycles. The summed E-state index contributed by atoms with van der Waals surface area (Å²) >= 11 is 0. The molecular formula is C17H23FN2O. The van der Waals surface area contributed by atoms with Gasteiger partial charge in [0, 0.05) is 24.2 Å². The number of furan rings is 1. The normalized spacial score (nSPS) is 11.2. The molecule has 0 radical (unpaired) electrons. The Labute approximate surface area is 125 Å². The Morgan fingerprint density at radius 2 is 1.95 bits per heavy atom. The van der Waals surface area contributed by atoms with Gasteiger partial charge in [-0.25, -0.2) is 4.39 Å². The minimum Gasteiger partial charge on any atom is -0.468 e. The van der Waals surface area contributed by atoms with Crippen molar-refractivity contribution in [2.45, 2.75) is 33.0 Å². The minimum atomic E-state index is -0.159. The van der Waals surface area contributed by atoms with Crippen LogP contribution in [0.25, 0.3) is 0 Å². The zero-order valence-electron chi connectivity index (χ0n) is 12.7. The summed E-state index contributed by atoms with van der Waals surface area (Å²) in [6.45, 7) is 5.19. The molecule has 1 aromatic heterocycles. The molecule has 0 aliphatic heterocycles. The van der Waals surface area contributed by atoms with Crippen LogP contribution in [0.2, 0.25) is 0 Å². The number of nitrogens with zero attached hydrogens (tertiary/aromatic N) is 1. The van der Waals surface area contributed by atoms with Crippen LogP contribution in [0, 0.1) is 5.82 Å². The van der Waals surface area contributed by atoms with Crippen molar-refractivity contribution >= 4 is 0 Å². The fourth-order valence-corrected chi connectivity index (χ4v) is 2.28. The number of benzene rings is 1. The highest BCUT2D eigenvalue weighted by molar-refractivity contribution is 5.19. The Balaban J connectivity index is 1.92. The van der Waals surface area contributed by atoms with Crippen LogP contribution in [0.3, 0.4) is 0 Å². The molecule has 0 aliphatic carbocycles. The second kappa shape index (κ2) is 7.96. The van der Waals surface area contributed by atoms with Crippen LogP contribution >= 0.6 is 0 Å². The van der Waals surface area contributed by atoms with Gasteiger partial charge in [0.25, 0.3) is 0 Å². The van der Waals surface area contributed by atoms with Gasteiger partial charge in [0.1, 0.15) is 11.6 Å². The monoisotopic (exact) mass is 290 g/mol. The topological polar surface area (TPSA) is 28.4 Å². The van der Waals surface area contributed by atoms with E-state index in [1.807, 2.05) is 25.2 Å². The summed E-state index contributed by atoms with van der Waals surface area (Å²) in [5.41, 5.74) is 1.88. The molecular weight excluding hydrogens is 267 g/mol. The van der Waals surface area contributed by atoms with Crippen LogP contribution in [0.1, 0.15) is 30.2 Å². The molecule has 1 heterocycles. The summed E-state index contributed by atoms with van der Waals surface area (Å²) in [5.74, 6) is 0.783. The maximum Gasteiger partial charge on any atom is 0.127 e. The zero-order valence-corrected chi connectivity index (χ0v) is 12.7. The number of hydrogen-bond acceptors (Lipinski definition) is 3. The molecule has 0 atom stereocenters. The smallest absolute Gasteiger partial charge is 0.127 e. The van der Waals surface area contributed by atoms with Gasteiger partial charge in [0.2, 0.25) is 0 Å². The molecule has 2 aromatic rings. The summed E-state index contributed by atoms with van der Waals surface area (Å²) in [7, 11) is 1.97. The Kier molecular flexibility index (Phi) is 5.96. The van der Waals surface area contributed by atoms with E-state index in [1.54, 1.807) is 12.3 Å². The quantitative estimate of drug-likeness (QED) is 0.754. The molecule has 1 N–H and O–H groups in total. The molecule has 0 aliphatic rings. The van der Waals surface area contributed by atoms with E-state index in [-0.39, 0.29) is 5.82 Å². The van der Waals surface area contributed by atoms with E-state index >= 15 is 0 Å². The molecule has 0 unspecified atom stereocenters. The van der Waals surface area contributed by atoms with Crippen LogP contribution < -0.4 is 5.32 Å². The fourth-order valence-electron chi connectivity index (χ4n) is 2.28. The first kappa shape index (κ1) is 15.7. The van der Waals surface area contributed by atoms with E-state index in [0.29, 0.717) is 18.7 Å². The fraction of sp³-hybridized carbons (Fsp3) is 0.412. The van der Waals surface area contributed by atoms with Crippen molar-refractivity contribution in [3.05, 3.63) is 59.3 Å². The van der Waals surface area contributed by atoms with Gasteiger partial charge < -0.3 is 9.73 Å². The van der Waals surface area contributed by atoms with Crippen LogP contribution in [0.4, 0.5) is 4.39 Å². The first-order valence-corrected chi connectivity index (χ1v) is 7.38. The van der Waals surface area contributed by atoms with Crippen LogP contribution in [-0.4, -0.2) is 18.5 Å². The lowest BCUT2D eigenvalue weighted by Crippen LogP contribution is -2.20. The van der Waals surface area contributed by atoms with Crippen molar-refractivity contribution in [3.8, 4) is 0 Å². The Morgan fingerprint density at radius 1 is 1.14 bits per heavy atom. The SMILES string of the molecule is CCCNCc1ccoc1CN(C)Cc1ccccc1F. The summed E-state index contributed by atoms with van der Waals surface area (Å²) < 4.78 is 19.2. The lowest BCUT2D eigenvalue weighted by atomic mass is 10.2. The molecule has 0 bridgehead atoms. The molecule has 0 saturated heterocycles. The highest BCUT2D eigenvalue weighted by atomic mass is 19.1. The standard InChI is InChI=1S/C17H23FN2O/c1-3-9-19-11-14-8-10-21-17(14)13-20(2)12-15-6-4-5-7-16(15)18/h4-8,10,19H,3,9,11-13H2,1-2H3. The first-order chi connectivity index (χ1) is 10.2. The van der Waals surface area contributed by atoms with Gasteiger partial charge in [-0.05, 0) is 32.1 Å². The number of rotatable bonds is 8. The number of halogens is 1. The van der Waals surface area contributed by atoms with Crippen molar-refractivity contribution in [2.75, 3.05) is 13.6 Å². The van der Waals surface area contributed by atoms with Gasteiger partial charge in [0.05, 0.1) is 12.8 Å². The molecule has 4 heteroatoms. The Bertz CT molecular complexity index is 553. The van der Waals surface area contributed by atoms with Gasteiger partial charge in [-0.15, -0.1) is 0 Å². The number of hydrogen-bond donors (Lipinski definition) is 1. The van der Waals surface area contributed by atoms with E-state index < -0.39 is 0 Å². The molecule has 114 valence electrons.